The molecule has 0 spiro atoms. The fourth-order valence-electron chi connectivity index (χ4n) is 2.61. The van der Waals surface area contributed by atoms with Crippen LogP contribution in [0.2, 0.25) is 0 Å². The molecule has 4 rings (SSSR count). The van der Waals surface area contributed by atoms with Crippen molar-refractivity contribution in [2.24, 2.45) is 0 Å². The van der Waals surface area contributed by atoms with Crippen LogP contribution in [-0.4, -0.2) is 37.0 Å². The molecule has 1 fully saturated rings. The molecule has 1 amide bonds. The maximum atomic E-state index is 12.6. The number of carbonyl (C=O) groups is 2. The Labute approximate surface area is 149 Å². The summed E-state index contributed by atoms with van der Waals surface area (Å²) in [4.78, 5) is 34.4. The number of hydrogen-bond acceptors (Lipinski definition) is 9. The third kappa shape index (κ3) is 2.51. The van der Waals surface area contributed by atoms with Crippen molar-refractivity contribution >= 4 is 45.3 Å². The maximum Gasteiger partial charge on any atom is 0.301 e. The van der Waals surface area contributed by atoms with Crippen LogP contribution in [0.15, 0.2) is 46.5 Å². The monoisotopic (exact) mass is 371 g/mol. The van der Waals surface area contributed by atoms with Gasteiger partial charge in [-0.1, -0.05) is 11.3 Å². The first-order chi connectivity index (χ1) is 12.2. The molecular weight excluding hydrogens is 362 g/mol. The highest BCUT2D eigenvalue weighted by atomic mass is 32.1. The van der Waals surface area contributed by atoms with Gasteiger partial charge in [0.05, 0.1) is 17.8 Å². The molecule has 25 heavy (non-hydrogen) atoms. The molecule has 4 heterocycles. The van der Waals surface area contributed by atoms with E-state index in [-0.39, 0.29) is 22.2 Å². The largest absolute Gasteiger partial charge is 0.505 e. The van der Waals surface area contributed by atoms with E-state index in [0.717, 1.165) is 11.3 Å². The third-order valence-electron chi connectivity index (χ3n) is 3.66. The Balaban J connectivity index is 1.93. The highest BCUT2D eigenvalue weighted by Gasteiger charge is 2.48. The van der Waals surface area contributed by atoms with Crippen molar-refractivity contribution in [1.82, 2.24) is 20.2 Å². The molecule has 1 unspecified atom stereocenters. The summed E-state index contributed by atoms with van der Waals surface area (Å²) < 4.78 is 0. The number of anilines is 1. The first kappa shape index (κ1) is 15.5. The van der Waals surface area contributed by atoms with Crippen LogP contribution in [0.1, 0.15) is 17.3 Å². The van der Waals surface area contributed by atoms with Crippen molar-refractivity contribution in [3.63, 3.8) is 0 Å². The van der Waals surface area contributed by atoms with Gasteiger partial charge in [-0.05, 0) is 22.4 Å². The number of Topliss-reactive ketones (excluding diaryl/α,β-unsaturated/α-hetero) is 1. The van der Waals surface area contributed by atoms with Gasteiger partial charge in [0, 0.05) is 12.4 Å². The maximum absolute atomic E-state index is 12.6. The van der Waals surface area contributed by atoms with Crippen molar-refractivity contribution in [2.45, 2.75) is 6.04 Å². The van der Waals surface area contributed by atoms with Crippen LogP contribution in [0.3, 0.4) is 0 Å². The zero-order chi connectivity index (χ0) is 17.4. The quantitative estimate of drug-likeness (QED) is 0.426. The molecule has 3 aromatic rings. The van der Waals surface area contributed by atoms with Gasteiger partial charge >= 0.3 is 5.91 Å². The van der Waals surface area contributed by atoms with Gasteiger partial charge in [0.15, 0.2) is 5.76 Å². The van der Waals surface area contributed by atoms with E-state index in [2.05, 4.69) is 20.2 Å². The van der Waals surface area contributed by atoms with Crippen LogP contribution in [0.4, 0.5) is 5.13 Å². The average Bonchev–Trinajstić information content (AvgIpc) is 3.37. The smallest absolute Gasteiger partial charge is 0.301 e. The highest BCUT2D eigenvalue weighted by Crippen LogP contribution is 2.42. The predicted molar refractivity (Wildman–Crippen MR) is 91.0 cm³/mol. The van der Waals surface area contributed by atoms with Gasteiger partial charge in [0.25, 0.3) is 5.78 Å². The SMILES string of the molecule is O=C1C(=O)N(c2nncs2)C(c2ccsc2)/C1=C(\O)c1cnccn1. The minimum atomic E-state index is -0.797. The fraction of sp³-hybridized carbons (Fsp3) is 0.0667. The van der Waals surface area contributed by atoms with Crippen LogP contribution >= 0.6 is 22.7 Å². The number of amides is 1. The van der Waals surface area contributed by atoms with E-state index in [1.165, 1.54) is 40.3 Å². The van der Waals surface area contributed by atoms with Crippen LogP contribution in [0.5, 0.6) is 0 Å². The van der Waals surface area contributed by atoms with Crippen molar-refractivity contribution in [3.8, 4) is 0 Å². The van der Waals surface area contributed by atoms with E-state index in [9.17, 15) is 14.7 Å². The lowest BCUT2D eigenvalue weighted by molar-refractivity contribution is -0.132. The average molecular weight is 371 g/mol. The Morgan fingerprint density at radius 1 is 1.28 bits per heavy atom. The summed E-state index contributed by atoms with van der Waals surface area (Å²) >= 11 is 2.56. The first-order valence-electron chi connectivity index (χ1n) is 7.04. The van der Waals surface area contributed by atoms with E-state index in [4.69, 9.17) is 0 Å². The molecule has 0 aliphatic carbocycles. The molecule has 1 atom stereocenters. The van der Waals surface area contributed by atoms with Crippen molar-refractivity contribution in [1.29, 1.82) is 0 Å². The van der Waals surface area contributed by atoms with Gasteiger partial charge in [-0.25, -0.2) is 4.98 Å². The Hall–Kier alpha value is -2.98. The van der Waals surface area contributed by atoms with Crippen LogP contribution in [0.25, 0.3) is 5.76 Å². The third-order valence-corrected chi connectivity index (χ3v) is 5.05. The summed E-state index contributed by atoms with van der Waals surface area (Å²) in [7, 11) is 0. The van der Waals surface area contributed by atoms with Gasteiger partial charge in [0.1, 0.15) is 11.2 Å². The zero-order valence-corrected chi connectivity index (χ0v) is 14.1. The van der Waals surface area contributed by atoms with E-state index >= 15 is 0 Å². The minimum Gasteiger partial charge on any atom is -0.505 e. The standard InChI is InChI=1S/C15H9N5O3S2/c21-12(9-5-16-2-3-17-9)10-11(8-1-4-24-6-8)20(14(23)13(10)22)15-19-18-7-25-15/h1-7,11,21H/b12-10+. The molecule has 1 aliphatic heterocycles. The summed E-state index contributed by atoms with van der Waals surface area (Å²) in [6, 6.07) is 1.00. The van der Waals surface area contributed by atoms with E-state index < -0.39 is 17.7 Å². The molecule has 10 heteroatoms. The topological polar surface area (TPSA) is 109 Å². The summed E-state index contributed by atoms with van der Waals surface area (Å²) in [5.74, 6) is -1.93. The molecule has 0 bridgehead atoms. The molecule has 1 saturated heterocycles. The van der Waals surface area contributed by atoms with Crippen LogP contribution in [-0.2, 0) is 9.59 Å². The van der Waals surface area contributed by atoms with E-state index in [0.29, 0.717) is 5.56 Å². The van der Waals surface area contributed by atoms with Crippen molar-refractivity contribution in [3.05, 3.63) is 57.8 Å². The van der Waals surface area contributed by atoms with Gasteiger partial charge in [-0.3, -0.25) is 19.5 Å². The van der Waals surface area contributed by atoms with Gasteiger partial charge in [0.2, 0.25) is 5.13 Å². The number of aliphatic hydroxyl groups is 1. The van der Waals surface area contributed by atoms with Crippen LogP contribution < -0.4 is 4.90 Å². The Morgan fingerprint density at radius 2 is 2.16 bits per heavy atom. The lowest BCUT2D eigenvalue weighted by atomic mass is 9.99. The molecule has 3 aromatic heterocycles. The minimum absolute atomic E-state index is 0.0425. The van der Waals surface area contributed by atoms with E-state index in [1.54, 1.807) is 6.07 Å². The van der Waals surface area contributed by atoms with Crippen molar-refractivity contribution < 1.29 is 14.7 Å². The number of thiophene rings is 1. The number of aliphatic hydroxyl groups excluding tert-OH is 1. The summed E-state index contributed by atoms with van der Waals surface area (Å²) in [6.45, 7) is 0. The fourth-order valence-corrected chi connectivity index (χ4v) is 3.87. The number of nitrogens with zero attached hydrogens (tertiary/aromatic N) is 5. The summed E-state index contributed by atoms with van der Waals surface area (Å²) in [6.07, 6.45) is 4.18. The summed E-state index contributed by atoms with van der Waals surface area (Å²) in [5, 5.41) is 22.2. The van der Waals surface area contributed by atoms with Crippen LogP contribution in [0, 0.1) is 0 Å². The van der Waals surface area contributed by atoms with Crippen molar-refractivity contribution in [2.75, 3.05) is 4.90 Å². The lowest BCUT2D eigenvalue weighted by Gasteiger charge is -2.21. The first-order valence-corrected chi connectivity index (χ1v) is 8.86. The Kier molecular flexibility index (Phi) is 3.82. The van der Waals surface area contributed by atoms with Gasteiger partial charge < -0.3 is 5.11 Å². The Bertz CT molecular complexity index is 954. The predicted octanol–water partition coefficient (Wildman–Crippen LogP) is 2.02. The second-order valence-corrected chi connectivity index (χ2v) is 6.63. The van der Waals surface area contributed by atoms with Gasteiger partial charge in [-0.15, -0.1) is 10.2 Å². The summed E-state index contributed by atoms with van der Waals surface area (Å²) in [5.41, 5.74) is 2.25. The normalized spacial score (nSPS) is 19.5. The molecule has 1 N–H and O–H groups in total. The molecule has 8 nitrogen and oxygen atoms in total. The number of hydrogen-bond donors (Lipinski definition) is 1. The molecule has 0 radical (unpaired) electrons. The number of rotatable bonds is 3. The zero-order valence-electron chi connectivity index (χ0n) is 12.4. The molecule has 1 aliphatic rings. The Morgan fingerprint density at radius 3 is 2.80 bits per heavy atom. The number of aromatic nitrogens is 4. The highest BCUT2D eigenvalue weighted by molar-refractivity contribution is 7.13. The molecule has 0 aromatic carbocycles. The van der Waals surface area contributed by atoms with E-state index in [1.807, 2.05) is 10.8 Å². The second-order valence-electron chi connectivity index (χ2n) is 5.04. The van der Waals surface area contributed by atoms with Gasteiger partial charge in [-0.2, -0.15) is 11.3 Å². The molecule has 0 saturated carbocycles. The molecule has 124 valence electrons. The number of ketones is 1. The molecular formula is C15H9N5O3S2. The number of carbonyl (C=O) groups excluding carboxylic acids is 2. The lowest BCUT2D eigenvalue weighted by Crippen LogP contribution is -2.29. The second kappa shape index (κ2) is 6.15.